The van der Waals surface area contributed by atoms with Gasteiger partial charge in [-0.05, 0) is 19.1 Å². The van der Waals surface area contributed by atoms with E-state index in [1.54, 1.807) is 7.11 Å². The van der Waals surface area contributed by atoms with Gasteiger partial charge in [0.1, 0.15) is 10.8 Å². The van der Waals surface area contributed by atoms with E-state index in [1.165, 1.54) is 11.3 Å². The molecule has 0 saturated heterocycles. The molecule has 0 radical (unpaired) electrons. The maximum atomic E-state index is 9.00. The van der Waals surface area contributed by atoms with Crippen LogP contribution in [0.3, 0.4) is 0 Å². The van der Waals surface area contributed by atoms with Gasteiger partial charge in [0.05, 0.1) is 19.4 Å². The fraction of sp³-hybridized carbons (Fsp3) is 0.250. The Morgan fingerprint density at radius 3 is 2.88 bits per heavy atom. The summed E-state index contributed by atoms with van der Waals surface area (Å²) in [5.41, 5.74) is 2.99. The number of aliphatic hydroxyl groups excluding tert-OH is 1. The van der Waals surface area contributed by atoms with Gasteiger partial charge in [-0.1, -0.05) is 11.6 Å². The number of aromatic nitrogens is 1. The van der Waals surface area contributed by atoms with Crippen molar-refractivity contribution in [1.82, 2.24) is 4.98 Å². The molecule has 1 aromatic heterocycles. The molecule has 0 fully saturated rings. The van der Waals surface area contributed by atoms with Crippen molar-refractivity contribution < 1.29 is 9.84 Å². The Balaban J connectivity index is 2.49. The third-order valence-electron chi connectivity index (χ3n) is 2.32. The van der Waals surface area contributed by atoms with E-state index in [2.05, 4.69) is 4.98 Å². The van der Waals surface area contributed by atoms with Gasteiger partial charge in [-0.2, -0.15) is 0 Å². The fourth-order valence-corrected chi connectivity index (χ4v) is 2.18. The number of aliphatic hydroxyl groups is 1. The van der Waals surface area contributed by atoms with E-state index in [0.717, 1.165) is 27.6 Å². The number of hydrogen-bond acceptors (Lipinski definition) is 4. The number of ether oxygens (including phenoxy) is 1. The van der Waals surface area contributed by atoms with Crippen LogP contribution in [0, 0.1) is 6.92 Å². The summed E-state index contributed by atoms with van der Waals surface area (Å²) in [4.78, 5) is 4.34. The Bertz CT molecular complexity index is 494. The summed E-state index contributed by atoms with van der Waals surface area (Å²) in [6.45, 7) is 2.01. The molecule has 0 saturated carbocycles. The monoisotopic (exact) mass is 235 g/mol. The summed E-state index contributed by atoms with van der Waals surface area (Å²) in [6.07, 6.45) is 0. The number of nitrogens with zero attached hydrogens (tertiary/aromatic N) is 1. The van der Waals surface area contributed by atoms with Crippen molar-refractivity contribution in [3.63, 3.8) is 0 Å². The lowest BCUT2D eigenvalue weighted by molar-refractivity contribution is 0.281. The smallest absolute Gasteiger partial charge is 0.128 e. The summed E-state index contributed by atoms with van der Waals surface area (Å²) in [5.74, 6) is 0.806. The van der Waals surface area contributed by atoms with Crippen molar-refractivity contribution in [2.24, 2.45) is 0 Å². The molecule has 3 nitrogen and oxygen atoms in total. The zero-order chi connectivity index (χ0) is 11.5. The van der Waals surface area contributed by atoms with Crippen LogP contribution in [0.25, 0.3) is 11.3 Å². The van der Waals surface area contributed by atoms with Crippen LogP contribution in [-0.4, -0.2) is 17.2 Å². The second-order valence-corrected chi connectivity index (χ2v) is 4.43. The number of hydrogen-bond donors (Lipinski definition) is 1. The lowest BCUT2D eigenvalue weighted by Gasteiger charge is -2.06. The number of methoxy groups -OCH3 is 1. The third kappa shape index (κ3) is 2.08. The van der Waals surface area contributed by atoms with E-state index in [0.29, 0.717) is 0 Å². The van der Waals surface area contributed by atoms with Crippen molar-refractivity contribution in [1.29, 1.82) is 0 Å². The van der Waals surface area contributed by atoms with E-state index in [4.69, 9.17) is 9.84 Å². The first kappa shape index (κ1) is 11.1. The molecule has 0 amide bonds. The number of benzene rings is 1. The topological polar surface area (TPSA) is 42.4 Å². The Kier molecular flexibility index (Phi) is 3.22. The summed E-state index contributed by atoms with van der Waals surface area (Å²) in [7, 11) is 1.65. The summed E-state index contributed by atoms with van der Waals surface area (Å²) in [5, 5.41) is 11.6. The Labute approximate surface area is 98.4 Å². The molecule has 16 heavy (non-hydrogen) atoms. The van der Waals surface area contributed by atoms with Gasteiger partial charge in [0, 0.05) is 10.9 Å². The van der Waals surface area contributed by atoms with Crippen LogP contribution >= 0.6 is 11.3 Å². The minimum absolute atomic E-state index is 0.0151. The predicted octanol–water partition coefficient (Wildman–Crippen LogP) is 2.62. The highest BCUT2D eigenvalue weighted by Crippen LogP contribution is 2.31. The molecule has 0 unspecified atom stereocenters. The Morgan fingerprint density at radius 1 is 1.44 bits per heavy atom. The SMILES string of the molecule is COc1ccc(C)cc1-c1csc(CO)n1. The number of rotatable bonds is 3. The van der Waals surface area contributed by atoms with Crippen molar-refractivity contribution in [3.05, 3.63) is 34.2 Å². The summed E-state index contributed by atoms with van der Waals surface area (Å²) in [6, 6.07) is 5.97. The molecular formula is C12H13NO2S. The zero-order valence-corrected chi connectivity index (χ0v) is 10.0. The van der Waals surface area contributed by atoms with Crippen LogP contribution in [0.1, 0.15) is 10.6 Å². The third-order valence-corrected chi connectivity index (χ3v) is 3.15. The predicted molar refractivity (Wildman–Crippen MR) is 64.8 cm³/mol. The quantitative estimate of drug-likeness (QED) is 0.889. The minimum Gasteiger partial charge on any atom is -0.496 e. The molecule has 0 aliphatic rings. The Hall–Kier alpha value is -1.39. The van der Waals surface area contributed by atoms with E-state index >= 15 is 0 Å². The summed E-state index contributed by atoms with van der Waals surface area (Å²) < 4.78 is 5.30. The van der Waals surface area contributed by atoms with Gasteiger partial charge in [-0.25, -0.2) is 4.98 Å². The van der Waals surface area contributed by atoms with Gasteiger partial charge < -0.3 is 9.84 Å². The number of aryl methyl sites for hydroxylation is 1. The van der Waals surface area contributed by atoms with Crippen molar-refractivity contribution in [2.45, 2.75) is 13.5 Å². The highest BCUT2D eigenvalue weighted by molar-refractivity contribution is 7.09. The van der Waals surface area contributed by atoms with E-state index in [1.807, 2.05) is 30.5 Å². The first-order valence-electron chi connectivity index (χ1n) is 4.95. The maximum absolute atomic E-state index is 9.00. The molecule has 0 bridgehead atoms. The fourth-order valence-electron chi connectivity index (χ4n) is 1.53. The van der Waals surface area contributed by atoms with Gasteiger partial charge in [-0.15, -0.1) is 11.3 Å². The summed E-state index contributed by atoms with van der Waals surface area (Å²) >= 11 is 1.45. The van der Waals surface area contributed by atoms with Crippen LogP contribution in [-0.2, 0) is 6.61 Å². The first-order chi connectivity index (χ1) is 7.74. The van der Waals surface area contributed by atoms with Gasteiger partial charge in [0.2, 0.25) is 0 Å². The second kappa shape index (κ2) is 4.63. The van der Waals surface area contributed by atoms with Crippen molar-refractivity contribution >= 4 is 11.3 Å². The normalized spacial score (nSPS) is 10.4. The lowest BCUT2D eigenvalue weighted by Crippen LogP contribution is -1.89. The molecule has 0 aliphatic heterocycles. The van der Waals surface area contributed by atoms with Crippen LogP contribution in [0.5, 0.6) is 5.75 Å². The molecule has 84 valence electrons. The van der Waals surface area contributed by atoms with Gasteiger partial charge in [0.25, 0.3) is 0 Å². The molecule has 1 heterocycles. The maximum Gasteiger partial charge on any atom is 0.128 e. The molecule has 1 N–H and O–H groups in total. The average molecular weight is 235 g/mol. The zero-order valence-electron chi connectivity index (χ0n) is 9.23. The lowest BCUT2D eigenvalue weighted by atomic mass is 10.1. The molecule has 0 aliphatic carbocycles. The minimum atomic E-state index is -0.0151. The van der Waals surface area contributed by atoms with E-state index in [9.17, 15) is 0 Å². The first-order valence-corrected chi connectivity index (χ1v) is 5.83. The molecule has 1 aromatic carbocycles. The van der Waals surface area contributed by atoms with Crippen molar-refractivity contribution in [2.75, 3.05) is 7.11 Å². The molecular weight excluding hydrogens is 222 g/mol. The molecule has 0 atom stereocenters. The molecule has 4 heteroatoms. The van der Waals surface area contributed by atoms with Crippen LogP contribution in [0.4, 0.5) is 0 Å². The van der Waals surface area contributed by atoms with Gasteiger partial charge in [-0.3, -0.25) is 0 Å². The van der Waals surface area contributed by atoms with E-state index < -0.39 is 0 Å². The van der Waals surface area contributed by atoms with Crippen LogP contribution in [0.2, 0.25) is 0 Å². The molecule has 2 rings (SSSR count). The van der Waals surface area contributed by atoms with Crippen molar-refractivity contribution in [3.8, 4) is 17.0 Å². The second-order valence-electron chi connectivity index (χ2n) is 3.49. The number of thiazole rings is 1. The highest BCUT2D eigenvalue weighted by Gasteiger charge is 2.09. The van der Waals surface area contributed by atoms with Crippen LogP contribution < -0.4 is 4.74 Å². The highest BCUT2D eigenvalue weighted by atomic mass is 32.1. The molecule has 0 spiro atoms. The Morgan fingerprint density at radius 2 is 2.25 bits per heavy atom. The average Bonchev–Trinajstić information content (AvgIpc) is 2.77. The van der Waals surface area contributed by atoms with Gasteiger partial charge in [0.15, 0.2) is 0 Å². The standard InChI is InChI=1S/C12H13NO2S/c1-8-3-4-11(15-2)9(5-8)10-7-16-12(6-14)13-10/h3-5,7,14H,6H2,1-2H3. The van der Waals surface area contributed by atoms with Crippen LogP contribution in [0.15, 0.2) is 23.6 Å². The van der Waals surface area contributed by atoms with Gasteiger partial charge >= 0.3 is 0 Å². The van der Waals surface area contributed by atoms with E-state index in [-0.39, 0.29) is 6.61 Å². The largest absolute Gasteiger partial charge is 0.496 e. The molecule has 2 aromatic rings.